The Hall–Kier alpha value is -3.93. The molecule has 3 heterocycles. The van der Waals surface area contributed by atoms with Crippen LogP contribution >= 0.6 is 0 Å². The molecule has 264 valence electrons. The monoisotopic (exact) mass is 675 g/mol. The highest BCUT2D eigenvalue weighted by Crippen LogP contribution is 2.36. The number of phenols is 2. The van der Waals surface area contributed by atoms with Crippen LogP contribution < -0.4 is 15.6 Å². The number of aromatic nitrogens is 3. The molecule has 10 nitrogen and oxygen atoms in total. The van der Waals surface area contributed by atoms with E-state index in [0.717, 1.165) is 88.8 Å². The van der Waals surface area contributed by atoms with E-state index < -0.39 is 11.9 Å². The molecule has 1 aliphatic heterocycles. The number of hydrogen-bond acceptors (Lipinski definition) is 8. The van der Waals surface area contributed by atoms with Crippen LogP contribution in [0.15, 0.2) is 47.3 Å². The summed E-state index contributed by atoms with van der Waals surface area (Å²) in [6.45, 7) is 4.27. The normalized spacial score (nSPS) is 16.2. The van der Waals surface area contributed by atoms with Gasteiger partial charge in [0.1, 0.15) is 23.3 Å². The van der Waals surface area contributed by atoms with Crippen LogP contribution in [0.5, 0.6) is 17.4 Å². The third-order valence-electron chi connectivity index (χ3n) is 10.0. The number of aromatic amines is 1. The first-order valence-electron chi connectivity index (χ1n) is 18.1. The number of aromatic hydroxyl groups is 2. The lowest BCUT2D eigenvalue weighted by atomic mass is 9.97. The fraction of sp³-hybridized carbons (Fsp3) is 0.526. The van der Waals surface area contributed by atoms with Crippen LogP contribution in [0.4, 0.5) is 4.39 Å². The second kappa shape index (κ2) is 16.7. The molecule has 2 aromatic carbocycles. The van der Waals surface area contributed by atoms with Crippen LogP contribution in [-0.4, -0.2) is 73.8 Å². The fourth-order valence-corrected chi connectivity index (χ4v) is 7.35. The van der Waals surface area contributed by atoms with E-state index in [1.165, 1.54) is 62.4 Å². The van der Waals surface area contributed by atoms with E-state index in [9.17, 15) is 24.5 Å². The number of ether oxygens (including phenoxy) is 1. The molecule has 6 rings (SSSR count). The largest absolute Gasteiger partial charge is 0.506 e. The maximum atomic E-state index is 14.7. The minimum atomic E-state index is -0.830. The number of benzene rings is 2. The average molecular weight is 676 g/mol. The Morgan fingerprint density at radius 2 is 1.67 bits per heavy atom. The molecule has 2 aliphatic rings. The second-order valence-electron chi connectivity index (χ2n) is 13.6. The molecule has 2 aromatic heterocycles. The summed E-state index contributed by atoms with van der Waals surface area (Å²) in [4.78, 5) is 17.2. The molecule has 0 bridgehead atoms. The smallest absolute Gasteiger partial charge is 0.248 e. The van der Waals surface area contributed by atoms with Crippen LogP contribution in [0.2, 0.25) is 0 Å². The quantitative estimate of drug-likeness (QED) is 0.0908. The van der Waals surface area contributed by atoms with Gasteiger partial charge in [-0.25, -0.2) is 9.07 Å². The van der Waals surface area contributed by atoms with Gasteiger partial charge in [-0.05, 0) is 88.2 Å². The topological polar surface area (TPSA) is 136 Å². The molecule has 0 amide bonds. The molecule has 0 unspecified atom stereocenters. The number of halogens is 1. The van der Waals surface area contributed by atoms with Crippen molar-refractivity contribution in [3.63, 3.8) is 0 Å². The number of unbranched alkanes of at least 4 members (excludes halogenated alkanes) is 6. The van der Waals surface area contributed by atoms with E-state index in [2.05, 4.69) is 20.3 Å². The highest BCUT2D eigenvalue weighted by atomic mass is 19.1. The van der Waals surface area contributed by atoms with E-state index in [0.29, 0.717) is 28.9 Å². The number of nitrogens with zero attached hydrogens (tertiary/aromatic N) is 3. The number of aliphatic hydroxyl groups excluding tert-OH is 1. The first kappa shape index (κ1) is 34.9. The summed E-state index contributed by atoms with van der Waals surface area (Å²) < 4.78 is 22.7. The van der Waals surface area contributed by atoms with Gasteiger partial charge in [-0.3, -0.25) is 4.79 Å². The van der Waals surface area contributed by atoms with Gasteiger partial charge in [-0.2, -0.15) is 0 Å². The summed E-state index contributed by atoms with van der Waals surface area (Å²) in [5, 5.41) is 39.8. The van der Waals surface area contributed by atoms with Gasteiger partial charge in [0.2, 0.25) is 11.4 Å². The number of pyridine rings is 1. The Morgan fingerprint density at radius 1 is 0.959 bits per heavy atom. The number of likely N-dealkylation sites (tertiary alicyclic amines) is 1. The molecular weight excluding hydrogens is 625 g/mol. The highest BCUT2D eigenvalue weighted by molar-refractivity contribution is 5.87. The Kier molecular flexibility index (Phi) is 11.9. The van der Waals surface area contributed by atoms with E-state index in [4.69, 9.17) is 4.74 Å². The molecule has 1 aliphatic carbocycles. The lowest BCUT2D eigenvalue weighted by Crippen LogP contribution is -2.38. The van der Waals surface area contributed by atoms with Crippen LogP contribution in [0, 0.1) is 5.82 Å². The summed E-state index contributed by atoms with van der Waals surface area (Å²) in [5.74, 6) is -0.00212. The van der Waals surface area contributed by atoms with Crippen molar-refractivity contribution < 1.29 is 24.4 Å². The van der Waals surface area contributed by atoms with E-state index >= 15 is 0 Å². The predicted molar refractivity (Wildman–Crippen MR) is 188 cm³/mol. The van der Waals surface area contributed by atoms with Crippen molar-refractivity contribution in [1.29, 1.82) is 0 Å². The zero-order valence-electron chi connectivity index (χ0n) is 28.3. The molecule has 4 aromatic rings. The summed E-state index contributed by atoms with van der Waals surface area (Å²) in [5.41, 5.74) is 2.64. The zero-order valence-corrected chi connectivity index (χ0v) is 28.3. The number of phenolic OH excluding ortho intramolecular Hbond substituents is 2. The summed E-state index contributed by atoms with van der Waals surface area (Å²) in [6.07, 6.45) is 13.2. The van der Waals surface area contributed by atoms with Crippen molar-refractivity contribution >= 4 is 10.9 Å². The lowest BCUT2D eigenvalue weighted by molar-refractivity contribution is 0.0946. The molecule has 49 heavy (non-hydrogen) atoms. The Labute approximate surface area is 286 Å². The fourth-order valence-electron chi connectivity index (χ4n) is 7.35. The van der Waals surface area contributed by atoms with Crippen molar-refractivity contribution in [3.8, 4) is 23.1 Å². The third kappa shape index (κ3) is 8.63. The number of nitrogens with one attached hydrogen (secondary N) is 2. The number of fused-ring (bicyclic) bond motifs is 2. The van der Waals surface area contributed by atoms with Gasteiger partial charge < -0.3 is 35.3 Å². The first-order valence-corrected chi connectivity index (χ1v) is 18.1. The maximum absolute atomic E-state index is 14.7. The highest BCUT2D eigenvalue weighted by Gasteiger charge is 2.28. The summed E-state index contributed by atoms with van der Waals surface area (Å²) >= 11 is 0. The molecule has 1 atom stereocenters. The lowest BCUT2D eigenvalue weighted by Gasteiger charge is -2.31. The summed E-state index contributed by atoms with van der Waals surface area (Å²) in [6, 6.07) is 10.8. The summed E-state index contributed by atoms with van der Waals surface area (Å²) in [7, 11) is 0. The number of rotatable bonds is 16. The number of H-pyrrole nitrogens is 1. The third-order valence-corrected chi connectivity index (χ3v) is 10.0. The van der Waals surface area contributed by atoms with Crippen molar-refractivity contribution in [2.75, 3.05) is 32.7 Å². The van der Waals surface area contributed by atoms with Gasteiger partial charge in [0.15, 0.2) is 5.82 Å². The SMILES string of the molecule is O=c1cc([C@@H](O)CNCCCCCCCCCN2CCC(Oc3nn(-c4c(O)cccc4F)c4c3CCCC4)CC2)c2cccc(O)c2[nH]1. The molecule has 0 radical (unpaired) electrons. The average Bonchev–Trinajstić information content (AvgIpc) is 3.45. The molecule has 5 N–H and O–H groups in total. The molecule has 1 saturated heterocycles. The van der Waals surface area contributed by atoms with Gasteiger partial charge in [-0.1, -0.05) is 50.3 Å². The van der Waals surface area contributed by atoms with Crippen molar-refractivity contribution in [3.05, 3.63) is 75.5 Å². The Bertz CT molecular complexity index is 1730. The van der Waals surface area contributed by atoms with Gasteiger partial charge in [0, 0.05) is 36.7 Å². The van der Waals surface area contributed by atoms with Crippen LogP contribution in [0.1, 0.15) is 93.6 Å². The Morgan fingerprint density at radius 3 is 2.47 bits per heavy atom. The van der Waals surface area contributed by atoms with Crippen molar-refractivity contribution in [2.24, 2.45) is 0 Å². The van der Waals surface area contributed by atoms with Crippen LogP contribution in [0.25, 0.3) is 16.6 Å². The number of para-hydroxylation sites is 2. The minimum absolute atomic E-state index is 0.00498. The standard InChI is InChI=1S/C38H50FN5O5/c39-30-14-11-17-33(46)37(30)44-31-15-7-6-12-28(31)38(42-44)49-26-18-22-43(23-19-26)21-9-5-3-1-2-4-8-20-40-25-34(47)29-24-35(48)41-36-27(29)13-10-16-32(36)45/h10-11,13-14,16-17,24,26,34,40,45-47H,1-9,12,15,18-23,25H2,(H,41,48)/t34-/m0/s1. The van der Waals surface area contributed by atoms with Crippen molar-refractivity contribution in [1.82, 2.24) is 25.0 Å². The van der Waals surface area contributed by atoms with Gasteiger partial charge in [-0.15, -0.1) is 5.10 Å². The predicted octanol–water partition coefficient (Wildman–Crippen LogP) is 6.04. The molecule has 0 spiro atoms. The number of hydrogen-bond donors (Lipinski definition) is 5. The second-order valence-corrected chi connectivity index (χ2v) is 13.6. The Balaban J connectivity index is 0.830. The van der Waals surface area contributed by atoms with Crippen LogP contribution in [0.3, 0.4) is 0 Å². The minimum Gasteiger partial charge on any atom is -0.506 e. The van der Waals surface area contributed by atoms with Gasteiger partial charge in [0.05, 0.1) is 17.3 Å². The zero-order chi connectivity index (χ0) is 34.2. The molecule has 0 saturated carbocycles. The molecule has 1 fully saturated rings. The van der Waals surface area contributed by atoms with Gasteiger partial charge >= 0.3 is 0 Å². The van der Waals surface area contributed by atoms with E-state index in [-0.39, 0.29) is 28.8 Å². The van der Waals surface area contributed by atoms with E-state index in [1.54, 1.807) is 16.8 Å². The maximum Gasteiger partial charge on any atom is 0.248 e. The number of aliphatic hydroxyl groups is 1. The first-order chi connectivity index (χ1) is 23.9. The van der Waals surface area contributed by atoms with E-state index in [1.807, 2.05) is 0 Å². The number of piperidine rings is 1. The molecule has 11 heteroatoms. The molecular formula is C38H50FN5O5. The van der Waals surface area contributed by atoms with Crippen molar-refractivity contribution in [2.45, 2.75) is 95.7 Å². The van der Waals surface area contributed by atoms with Gasteiger partial charge in [0.25, 0.3) is 0 Å². The van der Waals surface area contributed by atoms with Crippen LogP contribution in [-0.2, 0) is 12.8 Å².